The average Bonchev–Trinajstić information content (AvgIpc) is 2.04. The molecule has 3 heteroatoms. The summed E-state index contributed by atoms with van der Waals surface area (Å²) in [6, 6.07) is 0. The number of nitrogens with one attached hydrogen (secondary N) is 1. The lowest BCUT2D eigenvalue weighted by Gasteiger charge is -2.22. The molecule has 1 N–H and O–H groups in total. The van der Waals surface area contributed by atoms with Gasteiger partial charge in [0.15, 0.2) is 5.78 Å². The Morgan fingerprint density at radius 3 is 2.29 bits per heavy atom. The zero-order chi connectivity index (χ0) is 9.68. The van der Waals surface area contributed by atoms with Crippen LogP contribution in [0.1, 0.15) is 39.5 Å². The number of hydrogen-bond acceptors (Lipinski definition) is 1. The van der Waals surface area contributed by atoms with E-state index in [0.717, 1.165) is 13.0 Å². The summed E-state index contributed by atoms with van der Waals surface area (Å²) in [6.07, 6.45) is 4.75. The molecule has 0 bridgehead atoms. The van der Waals surface area contributed by atoms with Gasteiger partial charge in [-0.15, -0.1) is 0 Å². The second kappa shape index (κ2) is 7.41. The molecular formula is C11H22BrNO. The normalized spacial score (nSPS) is 17.9. The van der Waals surface area contributed by atoms with Crippen molar-refractivity contribution in [3.63, 3.8) is 0 Å². The Hall–Kier alpha value is 0.110. The summed E-state index contributed by atoms with van der Waals surface area (Å²) in [6.45, 7) is 7.43. The maximum atomic E-state index is 11.5. The molecule has 0 amide bonds. The zero-order valence-corrected chi connectivity index (χ0v) is 10.9. The maximum absolute atomic E-state index is 11.5. The van der Waals surface area contributed by atoms with E-state index >= 15 is 0 Å². The van der Waals surface area contributed by atoms with Crippen LogP contribution in [-0.2, 0) is 4.79 Å². The number of piperidine rings is 1. The number of quaternary nitrogens is 1. The number of carbonyl (C=O) groups excluding carboxylic acids is 1. The highest BCUT2D eigenvalue weighted by atomic mass is 79.9. The molecule has 0 aromatic carbocycles. The third-order valence-corrected chi connectivity index (χ3v) is 2.64. The molecule has 1 rings (SSSR count). The van der Waals surface area contributed by atoms with Crippen LogP contribution in [0.15, 0.2) is 0 Å². The summed E-state index contributed by atoms with van der Waals surface area (Å²) >= 11 is 0. The Balaban J connectivity index is 0.00000169. The van der Waals surface area contributed by atoms with Crippen molar-refractivity contribution in [3.05, 3.63) is 0 Å². The predicted octanol–water partition coefficient (Wildman–Crippen LogP) is -2.33. The number of hydrogen-bond donors (Lipinski definition) is 1. The summed E-state index contributed by atoms with van der Waals surface area (Å²) in [5.74, 6) is 0.976. The van der Waals surface area contributed by atoms with Crippen molar-refractivity contribution in [2.45, 2.75) is 39.5 Å². The van der Waals surface area contributed by atoms with Crippen LogP contribution in [-0.4, -0.2) is 25.4 Å². The van der Waals surface area contributed by atoms with Gasteiger partial charge in [0, 0.05) is 6.42 Å². The van der Waals surface area contributed by atoms with E-state index in [-0.39, 0.29) is 17.0 Å². The van der Waals surface area contributed by atoms with Gasteiger partial charge in [-0.3, -0.25) is 4.79 Å². The van der Waals surface area contributed by atoms with Crippen molar-refractivity contribution in [3.8, 4) is 0 Å². The first-order valence-electron chi connectivity index (χ1n) is 5.53. The standard InChI is InChI=1S/C11H21NO.BrH/c1-10(2)8-11(13)9-12-6-4-3-5-7-12;/h10H,3-9H2,1-2H3;1H. The summed E-state index contributed by atoms with van der Waals surface area (Å²) in [7, 11) is 0. The van der Waals surface area contributed by atoms with E-state index in [4.69, 9.17) is 0 Å². The predicted molar refractivity (Wildman–Crippen MR) is 53.9 cm³/mol. The average molecular weight is 264 g/mol. The van der Waals surface area contributed by atoms with Crippen LogP contribution < -0.4 is 21.9 Å². The van der Waals surface area contributed by atoms with E-state index in [1.54, 1.807) is 0 Å². The van der Waals surface area contributed by atoms with E-state index in [9.17, 15) is 4.79 Å². The van der Waals surface area contributed by atoms with Crippen molar-refractivity contribution in [1.82, 2.24) is 0 Å². The molecule has 1 fully saturated rings. The van der Waals surface area contributed by atoms with E-state index in [2.05, 4.69) is 13.8 Å². The van der Waals surface area contributed by atoms with Crippen LogP contribution in [0, 0.1) is 5.92 Å². The van der Waals surface area contributed by atoms with E-state index < -0.39 is 0 Å². The highest BCUT2D eigenvalue weighted by molar-refractivity contribution is 5.79. The molecule has 84 valence electrons. The molecule has 0 spiro atoms. The van der Waals surface area contributed by atoms with Crippen molar-refractivity contribution in [1.29, 1.82) is 0 Å². The monoisotopic (exact) mass is 263 g/mol. The summed E-state index contributed by atoms with van der Waals surface area (Å²) in [5, 5.41) is 0. The first-order chi connectivity index (χ1) is 6.18. The van der Waals surface area contributed by atoms with Gasteiger partial charge in [-0.2, -0.15) is 0 Å². The zero-order valence-electron chi connectivity index (χ0n) is 9.31. The number of halogens is 1. The van der Waals surface area contributed by atoms with Crippen LogP contribution in [0.2, 0.25) is 0 Å². The maximum Gasteiger partial charge on any atom is 0.187 e. The van der Waals surface area contributed by atoms with Gasteiger partial charge >= 0.3 is 0 Å². The fourth-order valence-corrected chi connectivity index (χ4v) is 2.03. The summed E-state index contributed by atoms with van der Waals surface area (Å²) in [4.78, 5) is 13.0. The number of rotatable bonds is 4. The van der Waals surface area contributed by atoms with Crippen molar-refractivity contribution < 1.29 is 26.7 Å². The van der Waals surface area contributed by atoms with Gasteiger partial charge in [0.1, 0.15) is 6.54 Å². The van der Waals surface area contributed by atoms with E-state index in [0.29, 0.717) is 11.7 Å². The molecule has 0 aliphatic carbocycles. The van der Waals surface area contributed by atoms with Crippen LogP contribution in [0.25, 0.3) is 0 Å². The highest BCUT2D eigenvalue weighted by Crippen LogP contribution is 1.99. The minimum atomic E-state index is 0. The smallest absolute Gasteiger partial charge is 0.187 e. The minimum Gasteiger partial charge on any atom is -1.00 e. The lowest BCUT2D eigenvalue weighted by molar-refractivity contribution is -0.896. The van der Waals surface area contributed by atoms with Crippen LogP contribution in [0.3, 0.4) is 0 Å². The fourth-order valence-electron chi connectivity index (χ4n) is 2.03. The van der Waals surface area contributed by atoms with Crippen molar-refractivity contribution in [2.75, 3.05) is 19.6 Å². The topological polar surface area (TPSA) is 21.5 Å². The molecule has 1 aliphatic rings. The number of likely N-dealkylation sites (tertiary alicyclic amines) is 1. The van der Waals surface area contributed by atoms with Crippen LogP contribution in [0.5, 0.6) is 0 Å². The molecule has 0 saturated carbocycles. The SMILES string of the molecule is CC(C)CC(=O)C[NH+]1CCCCC1.[Br-]. The Morgan fingerprint density at radius 2 is 1.79 bits per heavy atom. The molecule has 2 nitrogen and oxygen atoms in total. The van der Waals surface area contributed by atoms with Crippen molar-refractivity contribution >= 4 is 5.78 Å². The third-order valence-electron chi connectivity index (χ3n) is 2.64. The Bertz CT molecular complexity index is 165. The second-order valence-corrected chi connectivity index (χ2v) is 4.62. The Labute approximate surface area is 97.8 Å². The third kappa shape index (κ3) is 5.76. The molecule has 1 saturated heterocycles. The summed E-state index contributed by atoms with van der Waals surface area (Å²) < 4.78 is 0. The molecule has 1 aliphatic heterocycles. The number of Topliss-reactive ketones (excluding diaryl/α,β-unsaturated/α-hetero) is 1. The summed E-state index contributed by atoms with van der Waals surface area (Å²) in [5.41, 5.74) is 0. The molecular weight excluding hydrogens is 242 g/mol. The lowest BCUT2D eigenvalue weighted by atomic mass is 10.1. The largest absolute Gasteiger partial charge is 1.00 e. The van der Waals surface area contributed by atoms with Gasteiger partial charge in [-0.05, 0) is 25.2 Å². The molecule has 1 heterocycles. The molecule has 0 radical (unpaired) electrons. The molecule has 0 aromatic rings. The molecule has 0 unspecified atom stereocenters. The Kier molecular flexibility index (Phi) is 7.47. The quantitative estimate of drug-likeness (QED) is 0.604. The number of carbonyl (C=O) groups is 1. The van der Waals surface area contributed by atoms with Crippen LogP contribution >= 0.6 is 0 Å². The molecule has 0 atom stereocenters. The molecule has 14 heavy (non-hydrogen) atoms. The first-order valence-corrected chi connectivity index (χ1v) is 5.53. The van der Waals surface area contributed by atoms with Gasteiger partial charge in [-0.1, -0.05) is 13.8 Å². The van der Waals surface area contributed by atoms with E-state index in [1.165, 1.54) is 37.3 Å². The first kappa shape index (κ1) is 14.1. The number of ketones is 1. The van der Waals surface area contributed by atoms with Gasteiger partial charge in [0.2, 0.25) is 0 Å². The van der Waals surface area contributed by atoms with E-state index in [1.807, 2.05) is 0 Å². The Morgan fingerprint density at radius 1 is 1.21 bits per heavy atom. The van der Waals surface area contributed by atoms with Gasteiger partial charge in [0.25, 0.3) is 0 Å². The van der Waals surface area contributed by atoms with Crippen molar-refractivity contribution in [2.24, 2.45) is 5.92 Å². The second-order valence-electron chi connectivity index (χ2n) is 4.62. The minimum absolute atomic E-state index is 0. The highest BCUT2D eigenvalue weighted by Gasteiger charge is 2.17. The van der Waals surface area contributed by atoms with Gasteiger partial charge in [0.05, 0.1) is 13.1 Å². The molecule has 0 aromatic heterocycles. The lowest BCUT2D eigenvalue weighted by Crippen LogP contribution is -3.13. The van der Waals surface area contributed by atoms with Crippen LogP contribution in [0.4, 0.5) is 0 Å². The fraction of sp³-hybridized carbons (Fsp3) is 0.909. The van der Waals surface area contributed by atoms with Gasteiger partial charge < -0.3 is 21.9 Å². The van der Waals surface area contributed by atoms with Gasteiger partial charge in [-0.25, -0.2) is 0 Å².